The average molecular weight is 275 g/mol. The lowest BCUT2D eigenvalue weighted by Gasteiger charge is -2.20. The van der Waals surface area contributed by atoms with E-state index in [9.17, 15) is 5.11 Å². The first-order valence-electron chi connectivity index (χ1n) is 7.94. The summed E-state index contributed by atoms with van der Waals surface area (Å²) in [7, 11) is 0. The molecule has 2 unspecified atom stereocenters. The second-order valence-corrected chi connectivity index (χ2v) is 6.82. The van der Waals surface area contributed by atoms with Gasteiger partial charge in [-0.05, 0) is 50.6 Å². The molecule has 0 radical (unpaired) electrons. The van der Waals surface area contributed by atoms with Gasteiger partial charge < -0.3 is 10.0 Å². The molecule has 20 heavy (non-hydrogen) atoms. The fraction of sp³-hybridized carbons (Fsp3) is 0.667. The third kappa shape index (κ3) is 4.07. The Bertz CT molecular complexity index is 421. The Hall–Kier alpha value is -0.860. The predicted molar refractivity (Wildman–Crippen MR) is 84.9 cm³/mol. The van der Waals surface area contributed by atoms with E-state index in [0.717, 1.165) is 30.4 Å². The monoisotopic (exact) mass is 275 g/mol. The molecule has 0 amide bonds. The van der Waals surface area contributed by atoms with Crippen molar-refractivity contribution >= 4 is 0 Å². The molecule has 2 nitrogen and oxygen atoms in total. The van der Waals surface area contributed by atoms with E-state index in [0.29, 0.717) is 0 Å². The van der Waals surface area contributed by atoms with Crippen molar-refractivity contribution in [2.45, 2.75) is 46.6 Å². The van der Waals surface area contributed by atoms with Crippen LogP contribution in [0.3, 0.4) is 0 Å². The second kappa shape index (κ2) is 6.73. The van der Waals surface area contributed by atoms with E-state index in [1.807, 2.05) is 0 Å². The van der Waals surface area contributed by atoms with E-state index in [1.54, 1.807) is 0 Å². The van der Waals surface area contributed by atoms with Crippen LogP contribution in [-0.2, 0) is 0 Å². The highest BCUT2D eigenvalue weighted by atomic mass is 16.3. The Balaban J connectivity index is 1.85. The summed E-state index contributed by atoms with van der Waals surface area (Å²) in [5, 5.41) is 10.4. The molecule has 0 aromatic heterocycles. The number of likely N-dealkylation sites (tertiary alicyclic amines) is 1. The van der Waals surface area contributed by atoms with Gasteiger partial charge in [0, 0.05) is 13.1 Å². The Morgan fingerprint density at radius 3 is 2.40 bits per heavy atom. The van der Waals surface area contributed by atoms with E-state index >= 15 is 0 Å². The van der Waals surface area contributed by atoms with Gasteiger partial charge in [0.2, 0.25) is 0 Å². The van der Waals surface area contributed by atoms with E-state index in [2.05, 4.69) is 50.8 Å². The fourth-order valence-corrected chi connectivity index (χ4v) is 3.28. The van der Waals surface area contributed by atoms with E-state index < -0.39 is 0 Å². The first kappa shape index (κ1) is 15.5. The van der Waals surface area contributed by atoms with Crippen LogP contribution in [-0.4, -0.2) is 29.6 Å². The summed E-state index contributed by atoms with van der Waals surface area (Å²) in [5.74, 6) is 1.62. The highest BCUT2D eigenvalue weighted by molar-refractivity contribution is 5.29. The zero-order valence-electron chi connectivity index (χ0n) is 13.4. The SMILES string of the molecule is Cc1cc(C)cc(C(O)CCN2CCC(C(C)C)C2)c1. The zero-order valence-corrected chi connectivity index (χ0v) is 13.4. The third-order valence-corrected chi connectivity index (χ3v) is 4.60. The van der Waals surface area contributed by atoms with Gasteiger partial charge in [0.05, 0.1) is 6.10 Å². The number of aliphatic hydroxyl groups excluding tert-OH is 1. The minimum absolute atomic E-state index is 0.327. The molecule has 1 aromatic carbocycles. The van der Waals surface area contributed by atoms with Gasteiger partial charge in [-0.2, -0.15) is 0 Å². The molecule has 1 aromatic rings. The van der Waals surface area contributed by atoms with Crippen LogP contribution in [0.2, 0.25) is 0 Å². The maximum absolute atomic E-state index is 10.4. The topological polar surface area (TPSA) is 23.5 Å². The lowest BCUT2D eigenvalue weighted by atomic mass is 9.95. The molecule has 1 fully saturated rings. The van der Waals surface area contributed by atoms with Crippen molar-refractivity contribution < 1.29 is 5.11 Å². The van der Waals surface area contributed by atoms with Crippen LogP contribution in [0.25, 0.3) is 0 Å². The Morgan fingerprint density at radius 1 is 1.20 bits per heavy atom. The maximum atomic E-state index is 10.4. The van der Waals surface area contributed by atoms with Gasteiger partial charge in [-0.3, -0.25) is 0 Å². The largest absolute Gasteiger partial charge is 0.388 e. The van der Waals surface area contributed by atoms with Crippen LogP contribution in [0.1, 0.15) is 49.5 Å². The molecule has 112 valence electrons. The standard InChI is InChI=1S/C18H29NO/c1-13(2)16-5-7-19(12-16)8-6-18(20)17-10-14(3)9-15(4)11-17/h9-11,13,16,18,20H,5-8,12H2,1-4H3. The lowest BCUT2D eigenvalue weighted by Crippen LogP contribution is -2.24. The van der Waals surface area contributed by atoms with Crippen LogP contribution >= 0.6 is 0 Å². The number of benzene rings is 1. The molecule has 1 aliphatic rings. The number of hydrogen-bond donors (Lipinski definition) is 1. The minimum atomic E-state index is -0.327. The fourth-order valence-electron chi connectivity index (χ4n) is 3.28. The molecule has 0 saturated carbocycles. The minimum Gasteiger partial charge on any atom is -0.388 e. The van der Waals surface area contributed by atoms with Gasteiger partial charge in [0.25, 0.3) is 0 Å². The van der Waals surface area contributed by atoms with Gasteiger partial charge in [-0.1, -0.05) is 43.2 Å². The first-order valence-corrected chi connectivity index (χ1v) is 7.94. The molecular formula is C18H29NO. The van der Waals surface area contributed by atoms with Crippen molar-refractivity contribution in [3.8, 4) is 0 Å². The van der Waals surface area contributed by atoms with Crippen LogP contribution < -0.4 is 0 Å². The smallest absolute Gasteiger partial charge is 0.0802 e. The first-order chi connectivity index (χ1) is 9.45. The number of aliphatic hydroxyl groups is 1. The van der Waals surface area contributed by atoms with E-state index in [1.165, 1.54) is 30.6 Å². The maximum Gasteiger partial charge on any atom is 0.0802 e. The molecule has 0 spiro atoms. The van der Waals surface area contributed by atoms with Crippen LogP contribution in [0, 0.1) is 25.7 Å². The van der Waals surface area contributed by atoms with Crippen molar-refractivity contribution in [2.24, 2.45) is 11.8 Å². The molecule has 1 N–H and O–H groups in total. The van der Waals surface area contributed by atoms with Crippen molar-refractivity contribution in [1.29, 1.82) is 0 Å². The second-order valence-electron chi connectivity index (χ2n) is 6.82. The lowest BCUT2D eigenvalue weighted by molar-refractivity contribution is 0.147. The van der Waals surface area contributed by atoms with Gasteiger partial charge >= 0.3 is 0 Å². The van der Waals surface area contributed by atoms with Crippen LogP contribution in [0.5, 0.6) is 0 Å². The summed E-state index contributed by atoms with van der Waals surface area (Å²) < 4.78 is 0. The number of hydrogen-bond acceptors (Lipinski definition) is 2. The Labute approximate surface area is 123 Å². The van der Waals surface area contributed by atoms with Gasteiger partial charge in [0.1, 0.15) is 0 Å². The molecule has 2 rings (SSSR count). The molecule has 0 aliphatic carbocycles. The highest BCUT2D eigenvalue weighted by Gasteiger charge is 2.24. The molecule has 1 aliphatic heterocycles. The quantitative estimate of drug-likeness (QED) is 0.885. The van der Waals surface area contributed by atoms with Gasteiger partial charge in [0.15, 0.2) is 0 Å². The summed E-state index contributed by atoms with van der Waals surface area (Å²) in [6.45, 7) is 12.2. The Morgan fingerprint density at radius 2 is 1.85 bits per heavy atom. The predicted octanol–water partition coefficient (Wildman–Crippen LogP) is 3.70. The average Bonchev–Trinajstić information content (AvgIpc) is 2.83. The van der Waals surface area contributed by atoms with Crippen molar-refractivity contribution in [2.75, 3.05) is 19.6 Å². The number of rotatable bonds is 5. The summed E-state index contributed by atoms with van der Waals surface area (Å²) in [6, 6.07) is 6.38. The van der Waals surface area contributed by atoms with Gasteiger partial charge in [-0.25, -0.2) is 0 Å². The van der Waals surface area contributed by atoms with Crippen LogP contribution in [0.15, 0.2) is 18.2 Å². The van der Waals surface area contributed by atoms with Crippen LogP contribution in [0.4, 0.5) is 0 Å². The van der Waals surface area contributed by atoms with Crippen molar-refractivity contribution in [1.82, 2.24) is 4.90 Å². The summed E-state index contributed by atoms with van der Waals surface area (Å²) >= 11 is 0. The molecule has 1 saturated heterocycles. The van der Waals surface area contributed by atoms with E-state index in [-0.39, 0.29) is 6.10 Å². The third-order valence-electron chi connectivity index (χ3n) is 4.60. The summed E-state index contributed by atoms with van der Waals surface area (Å²) in [5.41, 5.74) is 3.54. The molecule has 2 heteroatoms. The Kier molecular flexibility index (Phi) is 5.22. The molecule has 2 atom stereocenters. The molecule has 1 heterocycles. The normalized spacial score (nSPS) is 21.6. The van der Waals surface area contributed by atoms with E-state index in [4.69, 9.17) is 0 Å². The number of aryl methyl sites for hydroxylation is 2. The summed E-state index contributed by atoms with van der Waals surface area (Å²) in [6.07, 6.45) is 1.83. The zero-order chi connectivity index (χ0) is 14.7. The number of nitrogens with zero attached hydrogens (tertiary/aromatic N) is 1. The van der Waals surface area contributed by atoms with Crippen molar-refractivity contribution in [3.63, 3.8) is 0 Å². The molecule has 0 bridgehead atoms. The van der Waals surface area contributed by atoms with Crippen molar-refractivity contribution in [3.05, 3.63) is 34.9 Å². The highest BCUT2D eigenvalue weighted by Crippen LogP contribution is 2.25. The van der Waals surface area contributed by atoms with Gasteiger partial charge in [-0.15, -0.1) is 0 Å². The summed E-state index contributed by atoms with van der Waals surface area (Å²) in [4.78, 5) is 2.51. The molecular weight excluding hydrogens is 246 g/mol.